The Morgan fingerprint density at radius 3 is 2.72 bits per heavy atom. The Hall–Kier alpha value is -1.41. The highest BCUT2D eigenvalue weighted by Gasteiger charge is 2.36. The van der Waals surface area contributed by atoms with Gasteiger partial charge in [-0.2, -0.15) is 11.8 Å². The van der Waals surface area contributed by atoms with Gasteiger partial charge < -0.3 is 10.4 Å². The average Bonchev–Trinajstić information content (AvgIpc) is 3.24. The first-order chi connectivity index (χ1) is 14.0. The van der Waals surface area contributed by atoms with Gasteiger partial charge in [0.25, 0.3) is 0 Å². The van der Waals surface area contributed by atoms with Crippen molar-refractivity contribution < 1.29 is 9.50 Å². The van der Waals surface area contributed by atoms with Gasteiger partial charge in [0.1, 0.15) is 16.7 Å². The molecule has 4 heterocycles. The number of likely N-dealkylation sites (tertiary alicyclic amines) is 1. The number of nitrogens with one attached hydrogen (secondary N) is 1. The smallest absolute Gasteiger partial charge is 0.149 e. The molecular weight excluding hydrogens is 411 g/mol. The summed E-state index contributed by atoms with van der Waals surface area (Å²) in [6.07, 6.45) is 3.46. The Balaban J connectivity index is 1.49. The molecule has 2 aliphatic heterocycles. The zero-order chi connectivity index (χ0) is 20.4. The number of aliphatic hydroxyl groups excluding tert-OH is 1. The maximum atomic E-state index is 15.0. The molecule has 0 aromatic carbocycles. The SMILES string of the molecule is C[C@@H](O)CCNc1cc(Cl)ncc1-c1ncc(CN2CC3CSCC3C2)cc1F. The maximum Gasteiger partial charge on any atom is 0.149 e. The molecule has 2 fully saturated rings. The van der Waals surface area contributed by atoms with Crippen LogP contribution in [0.5, 0.6) is 0 Å². The molecule has 0 bridgehead atoms. The number of anilines is 1. The average molecular weight is 437 g/mol. The standard InChI is InChI=1S/C21H26ClFN4OS/c1-13(28)2-3-24-19-5-20(22)25-7-17(19)21-18(23)4-14(6-26-21)8-27-9-15-11-29-12-16(15)10-27/h4-7,13,15-16,28H,2-3,8-12H2,1H3,(H,24,25)/t13-,15?,16?/m1/s1. The van der Waals surface area contributed by atoms with E-state index in [4.69, 9.17) is 11.6 Å². The summed E-state index contributed by atoms with van der Waals surface area (Å²) in [5.41, 5.74) is 2.38. The van der Waals surface area contributed by atoms with Gasteiger partial charge >= 0.3 is 0 Å². The van der Waals surface area contributed by atoms with Gasteiger partial charge in [0, 0.05) is 49.8 Å². The van der Waals surface area contributed by atoms with Crippen LogP contribution in [0.25, 0.3) is 11.3 Å². The van der Waals surface area contributed by atoms with E-state index < -0.39 is 6.10 Å². The fourth-order valence-corrected chi connectivity index (χ4v) is 5.77. The Labute approximate surface area is 180 Å². The van der Waals surface area contributed by atoms with Gasteiger partial charge in [-0.05, 0) is 54.4 Å². The quantitative estimate of drug-likeness (QED) is 0.641. The Kier molecular flexibility index (Phi) is 6.59. The lowest BCUT2D eigenvalue weighted by molar-refractivity contribution is 0.189. The third kappa shape index (κ3) is 5.02. The molecule has 3 atom stereocenters. The molecule has 156 valence electrons. The number of aromatic nitrogens is 2. The summed E-state index contributed by atoms with van der Waals surface area (Å²) in [6, 6.07) is 3.24. The van der Waals surface area contributed by atoms with E-state index in [-0.39, 0.29) is 11.5 Å². The maximum absolute atomic E-state index is 15.0. The molecule has 0 saturated carbocycles. The summed E-state index contributed by atoms with van der Waals surface area (Å²) in [7, 11) is 0. The number of pyridine rings is 2. The van der Waals surface area contributed by atoms with Crippen LogP contribution in [0.3, 0.4) is 0 Å². The molecule has 4 rings (SSSR count). The lowest BCUT2D eigenvalue weighted by Crippen LogP contribution is -2.21. The number of halogens is 2. The summed E-state index contributed by atoms with van der Waals surface area (Å²) in [5, 5.41) is 13.0. The molecule has 2 unspecified atom stereocenters. The molecular formula is C21H26ClFN4OS. The number of hydrogen-bond donors (Lipinski definition) is 2. The lowest BCUT2D eigenvalue weighted by Gasteiger charge is -2.17. The molecule has 2 aromatic rings. The molecule has 2 aromatic heterocycles. The van der Waals surface area contributed by atoms with Crippen LogP contribution in [0.2, 0.25) is 5.15 Å². The molecule has 29 heavy (non-hydrogen) atoms. The molecule has 2 N–H and O–H groups in total. The molecule has 0 amide bonds. The van der Waals surface area contributed by atoms with Gasteiger partial charge in [-0.15, -0.1) is 0 Å². The van der Waals surface area contributed by atoms with Crippen molar-refractivity contribution in [1.29, 1.82) is 0 Å². The van der Waals surface area contributed by atoms with Crippen molar-refractivity contribution in [2.45, 2.75) is 26.0 Å². The summed E-state index contributed by atoms with van der Waals surface area (Å²) in [4.78, 5) is 10.9. The van der Waals surface area contributed by atoms with E-state index in [0.29, 0.717) is 29.4 Å². The number of thioether (sulfide) groups is 1. The van der Waals surface area contributed by atoms with Gasteiger partial charge in [-0.1, -0.05) is 11.6 Å². The van der Waals surface area contributed by atoms with Crippen molar-refractivity contribution >= 4 is 29.1 Å². The van der Waals surface area contributed by atoms with E-state index in [1.165, 1.54) is 17.7 Å². The van der Waals surface area contributed by atoms with Crippen LogP contribution in [-0.2, 0) is 6.54 Å². The third-order valence-corrected chi connectivity index (χ3v) is 7.16. The Morgan fingerprint density at radius 2 is 2.03 bits per heavy atom. The van der Waals surface area contributed by atoms with E-state index in [9.17, 15) is 9.50 Å². The van der Waals surface area contributed by atoms with Crippen molar-refractivity contribution in [3.8, 4) is 11.3 Å². The molecule has 8 heteroatoms. The van der Waals surface area contributed by atoms with Crippen molar-refractivity contribution in [1.82, 2.24) is 14.9 Å². The van der Waals surface area contributed by atoms with Gasteiger partial charge in [0.15, 0.2) is 0 Å². The second kappa shape index (κ2) is 9.16. The van der Waals surface area contributed by atoms with Gasteiger partial charge in [0.2, 0.25) is 0 Å². The highest BCUT2D eigenvalue weighted by atomic mass is 35.5. The van der Waals surface area contributed by atoms with Crippen LogP contribution >= 0.6 is 23.4 Å². The van der Waals surface area contributed by atoms with Crippen LogP contribution in [0.4, 0.5) is 10.1 Å². The van der Waals surface area contributed by atoms with E-state index in [0.717, 1.165) is 37.0 Å². The molecule has 5 nitrogen and oxygen atoms in total. The number of fused-ring (bicyclic) bond motifs is 1. The Morgan fingerprint density at radius 1 is 1.28 bits per heavy atom. The van der Waals surface area contributed by atoms with Gasteiger partial charge in [-0.25, -0.2) is 9.37 Å². The fourth-order valence-electron chi connectivity index (χ4n) is 4.11. The van der Waals surface area contributed by atoms with Gasteiger partial charge in [-0.3, -0.25) is 9.88 Å². The molecule has 0 aliphatic carbocycles. The minimum absolute atomic E-state index is 0.257. The monoisotopic (exact) mass is 436 g/mol. The number of nitrogens with zero attached hydrogens (tertiary/aromatic N) is 3. The van der Waals surface area contributed by atoms with Crippen LogP contribution in [0, 0.1) is 17.7 Å². The van der Waals surface area contributed by atoms with E-state index in [1.54, 1.807) is 25.3 Å². The molecule has 2 saturated heterocycles. The second-order valence-electron chi connectivity index (χ2n) is 8.04. The minimum atomic E-state index is -0.416. The number of rotatable bonds is 7. The predicted molar refractivity (Wildman–Crippen MR) is 117 cm³/mol. The third-order valence-electron chi connectivity index (χ3n) is 5.62. The van der Waals surface area contributed by atoms with Crippen LogP contribution < -0.4 is 5.32 Å². The van der Waals surface area contributed by atoms with Crippen molar-refractivity contribution in [3.63, 3.8) is 0 Å². The van der Waals surface area contributed by atoms with Crippen LogP contribution in [0.1, 0.15) is 18.9 Å². The van der Waals surface area contributed by atoms with Crippen LogP contribution in [-0.4, -0.2) is 57.2 Å². The zero-order valence-electron chi connectivity index (χ0n) is 16.4. The summed E-state index contributed by atoms with van der Waals surface area (Å²) in [6.45, 7) is 5.20. The van der Waals surface area contributed by atoms with Crippen molar-refractivity contribution in [3.05, 3.63) is 41.1 Å². The van der Waals surface area contributed by atoms with E-state index in [1.807, 2.05) is 0 Å². The minimum Gasteiger partial charge on any atom is -0.393 e. The summed E-state index contributed by atoms with van der Waals surface area (Å²) >= 11 is 8.08. The topological polar surface area (TPSA) is 61.3 Å². The van der Waals surface area contributed by atoms with Gasteiger partial charge in [0.05, 0.1) is 6.10 Å². The fraction of sp³-hybridized carbons (Fsp3) is 0.524. The highest BCUT2D eigenvalue weighted by molar-refractivity contribution is 7.99. The number of hydrogen-bond acceptors (Lipinski definition) is 6. The van der Waals surface area contributed by atoms with E-state index >= 15 is 0 Å². The van der Waals surface area contributed by atoms with Crippen molar-refractivity contribution in [2.75, 3.05) is 36.5 Å². The largest absolute Gasteiger partial charge is 0.393 e. The first-order valence-electron chi connectivity index (χ1n) is 10.0. The molecule has 2 aliphatic rings. The predicted octanol–water partition coefficient (Wildman–Crippen LogP) is 3.91. The normalized spacial score (nSPS) is 22.6. The highest BCUT2D eigenvalue weighted by Crippen LogP contribution is 2.36. The Bertz CT molecular complexity index is 857. The molecule has 0 radical (unpaired) electrons. The first kappa shape index (κ1) is 20.8. The summed E-state index contributed by atoms with van der Waals surface area (Å²) in [5.74, 6) is 3.71. The first-order valence-corrected chi connectivity index (χ1v) is 11.5. The van der Waals surface area contributed by atoms with Crippen LogP contribution in [0.15, 0.2) is 24.5 Å². The number of aliphatic hydroxyl groups is 1. The molecule has 0 spiro atoms. The zero-order valence-corrected chi connectivity index (χ0v) is 18.0. The second-order valence-corrected chi connectivity index (χ2v) is 9.50. The van der Waals surface area contributed by atoms with Crippen molar-refractivity contribution in [2.24, 2.45) is 11.8 Å². The summed E-state index contributed by atoms with van der Waals surface area (Å²) < 4.78 is 15.0. The van der Waals surface area contributed by atoms with E-state index in [2.05, 4.69) is 31.9 Å². The lowest BCUT2D eigenvalue weighted by atomic mass is 10.0.